The van der Waals surface area contributed by atoms with Gasteiger partial charge in [0.05, 0.1) is 20.9 Å². The van der Waals surface area contributed by atoms with Crippen molar-refractivity contribution < 1.29 is 0 Å². The number of nitrogens with zero attached hydrogens (tertiary/aromatic N) is 2. The molecule has 0 aliphatic heterocycles. The summed E-state index contributed by atoms with van der Waals surface area (Å²) >= 11 is 10.9. The van der Waals surface area contributed by atoms with E-state index in [1.165, 1.54) is 11.3 Å². The van der Waals surface area contributed by atoms with Gasteiger partial charge in [-0.05, 0) is 24.3 Å². The second-order valence-corrected chi connectivity index (χ2v) is 5.96. The summed E-state index contributed by atoms with van der Waals surface area (Å²) in [6.07, 6.45) is 3.85. The Labute approximate surface area is 110 Å². The molecule has 0 aromatic carbocycles. The average Bonchev–Trinajstić information content (AvgIpc) is 2.83. The Morgan fingerprint density at radius 3 is 2.94 bits per heavy atom. The van der Waals surface area contributed by atoms with E-state index in [1.807, 2.05) is 41.1 Å². The molecule has 80 valence electrons. The number of hydrogen-bond donors (Lipinski definition) is 0. The van der Waals surface area contributed by atoms with Gasteiger partial charge in [-0.25, -0.2) is 4.98 Å². The lowest BCUT2D eigenvalue weighted by Gasteiger charge is -1.98. The van der Waals surface area contributed by atoms with Crippen LogP contribution >= 0.6 is 38.9 Å². The molecular weight excluding hydrogens is 308 g/mol. The van der Waals surface area contributed by atoms with Crippen LogP contribution in [0.1, 0.15) is 0 Å². The van der Waals surface area contributed by atoms with E-state index in [9.17, 15) is 0 Å². The van der Waals surface area contributed by atoms with Crippen molar-refractivity contribution in [1.82, 2.24) is 9.38 Å². The lowest BCUT2D eigenvalue weighted by atomic mass is 10.4. The Morgan fingerprint density at radius 2 is 2.19 bits per heavy atom. The van der Waals surface area contributed by atoms with Gasteiger partial charge < -0.3 is 0 Å². The zero-order chi connectivity index (χ0) is 11.1. The number of hydrogen-bond acceptors (Lipinski definition) is 2. The van der Waals surface area contributed by atoms with Crippen LogP contribution in [-0.4, -0.2) is 9.38 Å². The molecule has 5 heteroatoms. The molecule has 0 unspecified atom stereocenters. The molecule has 3 rings (SSSR count). The summed E-state index contributed by atoms with van der Waals surface area (Å²) < 4.78 is 3.88. The summed E-state index contributed by atoms with van der Waals surface area (Å²) in [7, 11) is 0. The maximum Gasteiger partial charge on any atom is 0.154 e. The standard InChI is InChI=1S/C11H6BrClN2S/c12-7-3-4-15-8(5-7)6-14-11(15)9-1-2-10(13)16-9/h1-6H. The Morgan fingerprint density at radius 1 is 1.31 bits per heavy atom. The molecule has 0 spiro atoms. The topological polar surface area (TPSA) is 17.3 Å². The van der Waals surface area contributed by atoms with E-state index in [-0.39, 0.29) is 0 Å². The minimum atomic E-state index is 0.781. The molecule has 0 fully saturated rings. The highest BCUT2D eigenvalue weighted by Crippen LogP contribution is 2.30. The first-order chi connectivity index (χ1) is 7.74. The zero-order valence-corrected chi connectivity index (χ0v) is 11.2. The van der Waals surface area contributed by atoms with Gasteiger partial charge in [-0.2, -0.15) is 0 Å². The maximum absolute atomic E-state index is 5.93. The Hall–Kier alpha value is -0.840. The van der Waals surface area contributed by atoms with Gasteiger partial charge in [0, 0.05) is 10.7 Å². The van der Waals surface area contributed by atoms with E-state index in [2.05, 4.69) is 20.9 Å². The van der Waals surface area contributed by atoms with Gasteiger partial charge in [0.25, 0.3) is 0 Å². The van der Waals surface area contributed by atoms with E-state index in [1.54, 1.807) is 0 Å². The normalized spacial score (nSPS) is 11.1. The molecule has 0 aliphatic rings. The van der Waals surface area contributed by atoms with Crippen LogP contribution in [0.15, 0.2) is 41.1 Å². The lowest BCUT2D eigenvalue weighted by molar-refractivity contribution is 1.17. The van der Waals surface area contributed by atoms with Crippen molar-refractivity contribution in [3.05, 3.63) is 45.5 Å². The number of pyridine rings is 1. The summed E-state index contributed by atoms with van der Waals surface area (Å²) in [5.41, 5.74) is 1.06. The molecule has 3 aromatic rings. The molecule has 2 nitrogen and oxygen atoms in total. The summed E-state index contributed by atoms with van der Waals surface area (Å²) in [4.78, 5) is 5.49. The Bertz CT molecular complexity index is 659. The smallest absolute Gasteiger partial charge is 0.154 e. The summed E-state index contributed by atoms with van der Waals surface area (Å²) in [5, 5.41) is 0. The highest BCUT2D eigenvalue weighted by Gasteiger charge is 2.08. The van der Waals surface area contributed by atoms with Crippen molar-refractivity contribution in [2.45, 2.75) is 0 Å². The van der Waals surface area contributed by atoms with Gasteiger partial charge in [0.15, 0.2) is 5.82 Å². The highest BCUT2D eigenvalue weighted by molar-refractivity contribution is 9.10. The highest BCUT2D eigenvalue weighted by atomic mass is 79.9. The largest absolute Gasteiger partial charge is 0.299 e. The van der Waals surface area contributed by atoms with Gasteiger partial charge >= 0.3 is 0 Å². The minimum Gasteiger partial charge on any atom is -0.299 e. The monoisotopic (exact) mass is 312 g/mol. The van der Waals surface area contributed by atoms with Crippen molar-refractivity contribution in [3.63, 3.8) is 0 Å². The number of fused-ring (bicyclic) bond motifs is 1. The van der Waals surface area contributed by atoms with Crippen molar-refractivity contribution in [1.29, 1.82) is 0 Å². The van der Waals surface area contributed by atoms with Crippen LogP contribution in [0.4, 0.5) is 0 Å². The van der Waals surface area contributed by atoms with Crippen LogP contribution in [0, 0.1) is 0 Å². The SMILES string of the molecule is Clc1ccc(-c2ncc3cc(Br)ccn23)s1. The fraction of sp³-hybridized carbons (Fsp3) is 0. The van der Waals surface area contributed by atoms with Crippen molar-refractivity contribution >= 4 is 44.4 Å². The predicted octanol–water partition coefficient (Wildman–Crippen LogP) is 4.48. The molecule has 0 radical (unpaired) electrons. The van der Waals surface area contributed by atoms with Crippen LogP contribution in [0.5, 0.6) is 0 Å². The van der Waals surface area contributed by atoms with Crippen LogP contribution < -0.4 is 0 Å². The number of rotatable bonds is 1. The van der Waals surface area contributed by atoms with Crippen LogP contribution in [0.2, 0.25) is 4.34 Å². The second kappa shape index (κ2) is 3.87. The third-order valence-corrected chi connectivity index (χ3v) is 4.01. The van der Waals surface area contributed by atoms with Crippen LogP contribution in [0.3, 0.4) is 0 Å². The average molecular weight is 314 g/mol. The predicted molar refractivity (Wildman–Crippen MR) is 71.2 cm³/mol. The zero-order valence-electron chi connectivity index (χ0n) is 8.02. The molecule has 0 aliphatic carbocycles. The molecule has 0 saturated carbocycles. The fourth-order valence-corrected chi connectivity index (χ4v) is 2.98. The van der Waals surface area contributed by atoms with E-state index >= 15 is 0 Å². The molecule has 0 saturated heterocycles. The molecule has 0 bridgehead atoms. The Balaban J connectivity index is 2.25. The van der Waals surface area contributed by atoms with Gasteiger partial charge in [0.2, 0.25) is 0 Å². The summed E-state index contributed by atoms with van der Waals surface area (Å²) in [5.74, 6) is 0.930. The van der Waals surface area contributed by atoms with E-state index < -0.39 is 0 Å². The number of thiophene rings is 1. The van der Waals surface area contributed by atoms with E-state index in [0.717, 1.165) is 25.0 Å². The summed E-state index contributed by atoms with van der Waals surface area (Å²) in [6, 6.07) is 7.91. The van der Waals surface area contributed by atoms with Crippen molar-refractivity contribution in [3.8, 4) is 10.7 Å². The van der Waals surface area contributed by atoms with E-state index in [0.29, 0.717) is 0 Å². The van der Waals surface area contributed by atoms with Crippen molar-refractivity contribution in [2.75, 3.05) is 0 Å². The van der Waals surface area contributed by atoms with E-state index in [4.69, 9.17) is 11.6 Å². The van der Waals surface area contributed by atoms with Crippen LogP contribution in [0.25, 0.3) is 16.2 Å². The van der Waals surface area contributed by atoms with Crippen LogP contribution in [-0.2, 0) is 0 Å². The van der Waals surface area contributed by atoms with Gasteiger partial charge in [-0.15, -0.1) is 11.3 Å². The molecule has 0 N–H and O–H groups in total. The lowest BCUT2D eigenvalue weighted by Crippen LogP contribution is -1.86. The maximum atomic E-state index is 5.93. The molecule has 0 atom stereocenters. The first-order valence-electron chi connectivity index (χ1n) is 4.62. The quantitative estimate of drug-likeness (QED) is 0.647. The molecular formula is C11H6BrClN2S. The third-order valence-electron chi connectivity index (χ3n) is 2.29. The van der Waals surface area contributed by atoms with Crippen molar-refractivity contribution in [2.24, 2.45) is 0 Å². The fourth-order valence-electron chi connectivity index (χ4n) is 1.59. The molecule has 3 heterocycles. The second-order valence-electron chi connectivity index (χ2n) is 3.33. The number of aromatic nitrogens is 2. The van der Waals surface area contributed by atoms with Gasteiger partial charge in [0.1, 0.15) is 0 Å². The number of imidazole rings is 1. The number of halogens is 2. The molecule has 16 heavy (non-hydrogen) atoms. The molecule has 0 amide bonds. The van der Waals surface area contributed by atoms with Gasteiger partial charge in [-0.1, -0.05) is 27.5 Å². The van der Waals surface area contributed by atoms with Gasteiger partial charge in [-0.3, -0.25) is 4.40 Å². The summed E-state index contributed by atoms with van der Waals surface area (Å²) in [6.45, 7) is 0. The first kappa shape index (κ1) is 10.3. The Kier molecular flexibility index (Phi) is 2.50. The molecule has 3 aromatic heterocycles. The third kappa shape index (κ3) is 1.67. The minimum absolute atomic E-state index is 0.781. The first-order valence-corrected chi connectivity index (χ1v) is 6.61.